The molecular formula is C17H22FN3O2S. The molecule has 5 nitrogen and oxygen atoms in total. The summed E-state index contributed by atoms with van der Waals surface area (Å²) in [4.78, 5) is 30.5. The zero-order valence-corrected chi connectivity index (χ0v) is 14.8. The lowest BCUT2D eigenvalue weighted by atomic mass is 10.2. The molecule has 0 N–H and O–H groups in total. The molecule has 130 valence electrons. The summed E-state index contributed by atoms with van der Waals surface area (Å²) in [5.74, 6) is -0.503. The number of hydrogen-bond acceptors (Lipinski definition) is 4. The molecule has 2 aliphatic heterocycles. The van der Waals surface area contributed by atoms with Crippen LogP contribution in [0.15, 0.2) is 24.3 Å². The van der Waals surface area contributed by atoms with E-state index in [0.29, 0.717) is 18.7 Å². The third-order valence-corrected chi connectivity index (χ3v) is 5.96. The van der Waals surface area contributed by atoms with Gasteiger partial charge in [0.1, 0.15) is 17.7 Å². The van der Waals surface area contributed by atoms with Crippen molar-refractivity contribution in [1.82, 2.24) is 14.7 Å². The van der Waals surface area contributed by atoms with Gasteiger partial charge in [0.05, 0.1) is 5.25 Å². The first-order valence-electron chi connectivity index (χ1n) is 8.14. The number of piperazine rings is 1. The first kappa shape index (κ1) is 17.2. The van der Waals surface area contributed by atoms with E-state index >= 15 is 0 Å². The van der Waals surface area contributed by atoms with Crippen LogP contribution in [-0.2, 0) is 9.59 Å². The molecule has 0 bridgehead atoms. The number of hydrogen-bond donors (Lipinski definition) is 0. The van der Waals surface area contributed by atoms with Crippen LogP contribution in [0.4, 0.5) is 4.39 Å². The average molecular weight is 351 g/mol. The van der Waals surface area contributed by atoms with Crippen molar-refractivity contribution in [3.63, 3.8) is 0 Å². The molecule has 0 spiro atoms. The Bertz CT molecular complexity index is 634. The summed E-state index contributed by atoms with van der Waals surface area (Å²) in [6.07, 6.45) is 0. The van der Waals surface area contributed by atoms with Gasteiger partial charge in [0.15, 0.2) is 0 Å². The fourth-order valence-corrected chi connectivity index (χ4v) is 4.35. The van der Waals surface area contributed by atoms with Gasteiger partial charge in [-0.05, 0) is 20.0 Å². The van der Waals surface area contributed by atoms with Gasteiger partial charge < -0.3 is 14.7 Å². The molecule has 2 amide bonds. The number of benzene rings is 1. The summed E-state index contributed by atoms with van der Waals surface area (Å²) in [6, 6.07) is 6.46. The van der Waals surface area contributed by atoms with E-state index in [-0.39, 0.29) is 29.4 Å². The smallest absolute Gasteiger partial charge is 0.242 e. The lowest BCUT2D eigenvalue weighted by Gasteiger charge is -2.34. The molecule has 0 unspecified atom stereocenters. The molecule has 1 aromatic carbocycles. The van der Waals surface area contributed by atoms with E-state index in [0.717, 1.165) is 13.1 Å². The van der Waals surface area contributed by atoms with Crippen LogP contribution in [0.2, 0.25) is 0 Å². The van der Waals surface area contributed by atoms with E-state index in [1.165, 1.54) is 22.7 Å². The molecule has 2 fully saturated rings. The Balaban J connectivity index is 1.75. The SMILES string of the molecule is C[C@@H]1S[C@H](c2ccccc2F)N(CC(=O)N2CCN(C)CC2)C1=O. The molecule has 2 aliphatic rings. The number of halogens is 1. The van der Waals surface area contributed by atoms with Crippen molar-refractivity contribution < 1.29 is 14.0 Å². The lowest BCUT2D eigenvalue weighted by molar-refractivity contribution is -0.140. The summed E-state index contributed by atoms with van der Waals surface area (Å²) >= 11 is 1.40. The van der Waals surface area contributed by atoms with Crippen LogP contribution < -0.4 is 0 Å². The third kappa shape index (κ3) is 3.42. The second kappa shape index (κ2) is 7.11. The molecule has 0 saturated carbocycles. The molecular weight excluding hydrogens is 329 g/mol. The standard InChI is InChI=1S/C17H22FN3O2S/c1-12-16(23)21(11-15(22)20-9-7-19(2)8-10-20)17(24-12)13-5-3-4-6-14(13)18/h3-6,12,17H,7-11H2,1-2H3/t12-,17+/m0/s1. The Morgan fingerprint density at radius 1 is 1.25 bits per heavy atom. The number of carbonyl (C=O) groups is 2. The summed E-state index contributed by atoms with van der Waals surface area (Å²) in [5, 5.41) is -0.708. The van der Waals surface area contributed by atoms with Gasteiger partial charge in [-0.15, -0.1) is 11.8 Å². The van der Waals surface area contributed by atoms with Gasteiger partial charge in [0.25, 0.3) is 0 Å². The summed E-state index contributed by atoms with van der Waals surface area (Å²) in [6.45, 7) is 4.83. The predicted octanol–water partition coefficient (Wildman–Crippen LogP) is 1.56. The van der Waals surface area contributed by atoms with Crippen LogP contribution in [0, 0.1) is 5.82 Å². The Labute approximate surface area is 145 Å². The van der Waals surface area contributed by atoms with Crippen LogP contribution in [0.25, 0.3) is 0 Å². The van der Waals surface area contributed by atoms with Crippen molar-refractivity contribution in [2.75, 3.05) is 39.8 Å². The number of nitrogens with zero attached hydrogens (tertiary/aromatic N) is 3. The van der Waals surface area contributed by atoms with Crippen molar-refractivity contribution in [3.05, 3.63) is 35.6 Å². The third-order valence-electron chi connectivity index (χ3n) is 4.58. The molecule has 7 heteroatoms. The van der Waals surface area contributed by atoms with E-state index in [1.54, 1.807) is 30.0 Å². The molecule has 24 heavy (non-hydrogen) atoms. The van der Waals surface area contributed by atoms with Gasteiger partial charge in [-0.25, -0.2) is 4.39 Å². The van der Waals surface area contributed by atoms with Gasteiger partial charge in [-0.3, -0.25) is 9.59 Å². The highest BCUT2D eigenvalue weighted by Gasteiger charge is 2.41. The number of likely N-dealkylation sites (N-methyl/N-ethyl adjacent to an activating group) is 1. The monoisotopic (exact) mass is 351 g/mol. The molecule has 0 aliphatic carbocycles. The van der Waals surface area contributed by atoms with Crippen molar-refractivity contribution >= 4 is 23.6 Å². The normalized spacial score (nSPS) is 25.4. The zero-order chi connectivity index (χ0) is 17.3. The Kier molecular flexibility index (Phi) is 5.10. The maximum absolute atomic E-state index is 14.2. The number of thioether (sulfide) groups is 1. The number of rotatable bonds is 3. The summed E-state index contributed by atoms with van der Waals surface area (Å²) in [7, 11) is 2.03. The molecule has 0 aromatic heterocycles. The highest BCUT2D eigenvalue weighted by molar-refractivity contribution is 8.01. The fourth-order valence-electron chi connectivity index (χ4n) is 3.05. The van der Waals surface area contributed by atoms with E-state index < -0.39 is 5.37 Å². The van der Waals surface area contributed by atoms with Crippen LogP contribution >= 0.6 is 11.8 Å². The van der Waals surface area contributed by atoms with Crippen LogP contribution in [0.3, 0.4) is 0 Å². The van der Waals surface area contributed by atoms with Gasteiger partial charge in [0, 0.05) is 31.7 Å². The molecule has 1 aromatic rings. The lowest BCUT2D eigenvalue weighted by Crippen LogP contribution is -2.50. The minimum Gasteiger partial charge on any atom is -0.339 e. The Morgan fingerprint density at radius 3 is 2.58 bits per heavy atom. The second-order valence-electron chi connectivity index (χ2n) is 6.30. The largest absolute Gasteiger partial charge is 0.339 e. The topological polar surface area (TPSA) is 43.9 Å². The molecule has 0 radical (unpaired) electrons. The van der Waals surface area contributed by atoms with Crippen LogP contribution in [0.5, 0.6) is 0 Å². The summed E-state index contributed by atoms with van der Waals surface area (Å²) in [5.41, 5.74) is 0.464. The maximum atomic E-state index is 14.2. The molecule has 3 rings (SSSR count). The first-order valence-corrected chi connectivity index (χ1v) is 9.08. The fraction of sp³-hybridized carbons (Fsp3) is 0.529. The van der Waals surface area contributed by atoms with Gasteiger partial charge in [-0.1, -0.05) is 18.2 Å². The van der Waals surface area contributed by atoms with Crippen LogP contribution in [0.1, 0.15) is 17.9 Å². The molecule has 2 atom stereocenters. The Hall–Kier alpha value is -1.60. The van der Waals surface area contributed by atoms with E-state index in [9.17, 15) is 14.0 Å². The van der Waals surface area contributed by atoms with Gasteiger partial charge in [0.2, 0.25) is 11.8 Å². The quantitative estimate of drug-likeness (QED) is 0.829. The molecule has 2 heterocycles. The highest BCUT2D eigenvalue weighted by atomic mass is 32.2. The first-order chi connectivity index (χ1) is 11.5. The maximum Gasteiger partial charge on any atom is 0.242 e. The van der Waals surface area contributed by atoms with E-state index in [4.69, 9.17) is 0 Å². The van der Waals surface area contributed by atoms with Crippen molar-refractivity contribution in [2.24, 2.45) is 0 Å². The van der Waals surface area contributed by atoms with Crippen molar-refractivity contribution in [3.8, 4) is 0 Å². The summed E-state index contributed by atoms with van der Waals surface area (Å²) < 4.78 is 14.2. The number of carbonyl (C=O) groups excluding carboxylic acids is 2. The minimum atomic E-state index is -0.440. The van der Waals surface area contributed by atoms with Gasteiger partial charge >= 0.3 is 0 Å². The Morgan fingerprint density at radius 2 is 1.92 bits per heavy atom. The average Bonchev–Trinajstić information content (AvgIpc) is 2.84. The minimum absolute atomic E-state index is 0.0128. The van der Waals surface area contributed by atoms with E-state index in [1.807, 2.05) is 7.05 Å². The molecule has 2 saturated heterocycles. The van der Waals surface area contributed by atoms with Crippen molar-refractivity contribution in [1.29, 1.82) is 0 Å². The predicted molar refractivity (Wildman–Crippen MR) is 92.0 cm³/mol. The van der Waals surface area contributed by atoms with Gasteiger partial charge in [-0.2, -0.15) is 0 Å². The zero-order valence-electron chi connectivity index (χ0n) is 13.9. The number of amides is 2. The highest BCUT2D eigenvalue weighted by Crippen LogP contribution is 2.43. The van der Waals surface area contributed by atoms with E-state index in [2.05, 4.69) is 4.90 Å². The van der Waals surface area contributed by atoms with Crippen LogP contribution in [-0.4, -0.2) is 71.5 Å². The second-order valence-corrected chi connectivity index (χ2v) is 7.73. The van der Waals surface area contributed by atoms with Crippen molar-refractivity contribution in [2.45, 2.75) is 17.5 Å².